The van der Waals surface area contributed by atoms with Crippen molar-refractivity contribution in [3.8, 4) is 16.8 Å². The Balaban J connectivity index is 1.50. The van der Waals surface area contributed by atoms with Gasteiger partial charge in [0.25, 0.3) is 0 Å². The molecule has 0 saturated heterocycles. The Morgan fingerprint density at radius 2 is 1.27 bits per heavy atom. The lowest BCUT2D eigenvalue weighted by atomic mass is 10.0. The number of fused-ring (bicyclic) bond motifs is 10. The monoisotopic (exact) mass is 547 g/mol. The molecule has 1 atom stereocenters. The van der Waals surface area contributed by atoms with E-state index >= 15 is 4.57 Å². The summed E-state index contributed by atoms with van der Waals surface area (Å²) in [5.74, 6) is 0. The average Bonchev–Trinajstić information content (AvgIpc) is 3.65. The second-order valence-electron chi connectivity index (χ2n) is 10.4. The van der Waals surface area contributed by atoms with Gasteiger partial charge >= 0.3 is 0 Å². The molecule has 1 aliphatic heterocycles. The number of para-hydroxylation sites is 1. The first kappa shape index (κ1) is 22.4. The molecular formula is C36H22NOPS. The Kier molecular flexibility index (Phi) is 4.51. The van der Waals surface area contributed by atoms with Gasteiger partial charge in [-0.2, -0.15) is 0 Å². The molecule has 1 aliphatic rings. The minimum atomic E-state index is -3.04. The van der Waals surface area contributed by atoms with Crippen molar-refractivity contribution < 1.29 is 4.57 Å². The predicted octanol–water partition coefficient (Wildman–Crippen LogP) is 8.77. The first-order valence-electron chi connectivity index (χ1n) is 13.5. The van der Waals surface area contributed by atoms with E-state index in [4.69, 9.17) is 0 Å². The molecule has 0 radical (unpaired) electrons. The fraction of sp³-hybridized carbons (Fsp3) is 0. The standard InChI is InChI=1S/C36H22NOPS/c38-39(23-11-2-1-3-12-23)31-19-8-5-15-28(31)34-32(39)22-21-26-24-13-4-7-17-29(24)37(35(26)34)30-18-10-16-27-25-14-6-9-20-33(25)40-36(27)30/h1-22H. The molecule has 40 heavy (non-hydrogen) atoms. The third-order valence-corrected chi connectivity index (χ3v) is 12.8. The van der Waals surface area contributed by atoms with Crippen LogP contribution in [0.1, 0.15) is 0 Å². The van der Waals surface area contributed by atoms with Crippen LogP contribution >= 0.6 is 18.5 Å². The van der Waals surface area contributed by atoms with Gasteiger partial charge < -0.3 is 9.13 Å². The minimum Gasteiger partial charge on any atom is -0.309 e. The Morgan fingerprint density at radius 3 is 2.17 bits per heavy atom. The third kappa shape index (κ3) is 2.76. The van der Waals surface area contributed by atoms with E-state index in [1.165, 1.54) is 30.9 Å². The molecule has 4 heteroatoms. The summed E-state index contributed by atoms with van der Waals surface area (Å²) in [4.78, 5) is 0. The number of aromatic nitrogens is 1. The molecule has 9 rings (SSSR count). The number of rotatable bonds is 2. The molecule has 188 valence electrons. The van der Waals surface area contributed by atoms with Gasteiger partial charge in [0.2, 0.25) is 0 Å². The van der Waals surface area contributed by atoms with E-state index in [2.05, 4.69) is 102 Å². The van der Waals surface area contributed by atoms with Crippen LogP contribution in [-0.2, 0) is 4.57 Å². The first-order chi connectivity index (χ1) is 19.7. The molecule has 0 fully saturated rings. The summed E-state index contributed by atoms with van der Waals surface area (Å²) in [7, 11) is -3.04. The van der Waals surface area contributed by atoms with Gasteiger partial charge in [-0.15, -0.1) is 11.3 Å². The van der Waals surface area contributed by atoms with Crippen molar-refractivity contribution in [1.82, 2.24) is 4.57 Å². The largest absolute Gasteiger partial charge is 0.309 e. The predicted molar refractivity (Wildman–Crippen MR) is 172 cm³/mol. The Morgan fingerprint density at radius 1 is 0.550 bits per heavy atom. The van der Waals surface area contributed by atoms with Gasteiger partial charge in [-0.3, -0.25) is 0 Å². The Hall–Kier alpha value is -4.43. The maximum atomic E-state index is 15.3. The molecule has 8 aromatic rings. The normalized spacial score (nSPS) is 16.2. The van der Waals surface area contributed by atoms with E-state index < -0.39 is 7.14 Å². The van der Waals surface area contributed by atoms with Crippen molar-refractivity contribution in [1.29, 1.82) is 0 Å². The zero-order valence-electron chi connectivity index (χ0n) is 21.4. The number of hydrogen-bond donors (Lipinski definition) is 0. The zero-order chi connectivity index (χ0) is 26.4. The lowest BCUT2D eigenvalue weighted by molar-refractivity contribution is 0.593. The highest BCUT2D eigenvalue weighted by Crippen LogP contribution is 2.55. The van der Waals surface area contributed by atoms with Crippen LogP contribution in [0.5, 0.6) is 0 Å². The van der Waals surface area contributed by atoms with Crippen LogP contribution in [0.25, 0.3) is 58.8 Å². The molecule has 0 bridgehead atoms. The molecule has 0 amide bonds. The molecule has 0 N–H and O–H groups in total. The van der Waals surface area contributed by atoms with Crippen LogP contribution in [0.2, 0.25) is 0 Å². The van der Waals surface area contributed by atoms with Crippen molar-refractivity contribution in [2.45, 2.75) is 0 Å². The molecule has 0 spiro atoms. The molecule has 2 aromatic heterocycles. The van der Waals surface area contributed by atoms with Crippen LogP contribution in [0, 0.1) is 0 Å². The highest BCUT2D eigenvalue weighted by Gasteiger charge is 2.41. The fourth-order valence-corrected chi connectivity index (χ4v) is 11.0. The van der Waals surface area contributed by atoms with Gasteiger partial charge in [0.1, 0.15) is 0 Å². The number of benzene rings is 6. The second kappa shape index (κ2) is 8.05. The molecular weight excluding hydrogens is 525 g/mol. The first-order valence-corrected chi connectivity index (χ1v) is 16.0. The maximum Gasteiger partial charge on any atom is 0.172 e. The quantitative estimate of drug-likeness (QED) is 0.198. The van der Waals surface area contributed by atoms with Gasteiger partial charge in [-0.1, -0.05) is 109 Å². The van der Waals surface area contributed by atoms with Gasteiger partial charge in [0, 0.05) is 47.7 Å². The summed E-state index contributed by atoms with van der Waals surface area (Å²) in [6.45, 7) is 0. The average molecular weight is 548 g/mol. The van der Waals surface area contributed by atoms with E-state index in [1.807, 2.05) is 47.7 Å². The van der Waals surface area contributed by atoms with Crippen molar-refractivity contribution in [3.63, 3.8) is 0 Å². The van der Waals surface area contributed by atoms with Crippen LogP contribution in [0.4, 0.5) is 0 Å². The number of nitrogens with zero attached hydrogens (tertiary/aromatic N) is 1. The maximum absolute atomic E-state index is 15.3. The van der Waals surface area contributed by atoms with Crippen LogP contribution in [-0.4, -0.2) is 4.57 Å². The zero-order valence-corrected chi connectivity index (χ0v) is 23.1. The minimum absolute atomic E-state index is 0.884. The smallest absolute Gasteiger partial charge is 0.172 e. The van der Waals surface area contributed by atoms with E-state index in [9.17, 15) is 0 Å². The van der Waals surface area contributed by atoms with Crippen molar-refractivity contribution in [2.24, 2.45) is 0 Å². The molecule has 6 aromatic carbocycles. The summed E-state index contributed by atoms with van der Waals surface area (Å²) in [5, 5.41) is 7.69. The van der Waals surface area contributed by atoms with Crippen LogP contribution in [0.3, 0.4) is 0 Å². The Bertz CT molecular complexity index is 2360. The molecule has 0 saturated carbocycles. The van der Waals surface area contributed by atoms with Crippen molar-refractivity contribution in [3.05, 3.63) is 133 Å². The van der Waals surface area contributed by atoms with Gasteiger partial charge in [0.05, 0.1) is 21.4 Å². The lowest BCUT2D eigenvalue weighted by Crippen LogP contribution is -2.20. The van der Waals surface area contributed by atoms with Gasteiger partial charge in [-0.05, 0) is 29.8 Å². The van der Waals surface area contributed by atoms with Crippen LogP contribution in [0.15, 0.2) is 133 Å². The lowest BCUT2D eigenvalue weighted by Gasteiger charge is -2.16. The molecule has 1 unspecified atom stereocenters. The second-order valence-corrected chi connectivity index (χ2v) is 14.2. The molecule has 3 heterocycles. The van der Waals surface area contributed by atoms with Crippen molar-refractivity contribution in [2.75, 3.05) is 0 Å². The summed E-state index contributed by atoms with van der Waals surface area (Å²) in [5.41, 5.74) is 5.62. The summed E-state index contributed by atoms with van der Waals surface area (Å²) in [6, 6.07) is 46.6. The number of hydrogen-bond acceptors (Lipinski definition) is 2. The van der Waals surface area contributed by atoms with E-state index in [1.54, 1.807) is 0 Å². The molecule has 0 aliphatic carbocycles. The topological polar surface area (TPSA) is 22.0 Å². The third-order valence-electron chi connectivity index (χ3n) is 8.41. The summed E-state index contributed by atoms with van der Waals surface area (Å²) in [6.07, 6.45) is 0. The summed E-state index contributed by atoms with van der Waals surface area (Å²) >= 11 is 1.84. The SMILES string of the molecule is O=P1(c2ccccc2)c2ccccc2-c2c1ccc1c3ccccc3n(-c3cccc4c3sc3ccccc34)c21. The van der Waals surface area contributed by atoms with Gasteiger partial charge in [0.15, 0.2) is 7.14 Å². The fourth-order valence-electron chi connectivity index (χ4n) is 6.74. The highest BCUT2D eigenvalue weighted by molar-refractivity contribution is 7.86. The summed E-state index contributed by atoms with van der Waals surface area (Å²) < 4.78 is 20.3. The number of thiophene rings is 1. The van der Waals surface area contributed by atoms with Crippen LogP contribution < -0.4 is 15.9 Å². The van der Waals surface area contributed by atoms with E-state index in [-0.39, 0.29) is 0 Å². The van der Waals surface area contributed by atoms with Gasteiger partial charge in [-0.25, -0.2) is 0 Å². The van der Waals surface area contributed by atoms with E-state index in [0.29, 0.717) is 0 Å². The van der Waals surface area contributed by atoms with Crippen molar-refractivity contribution >= 4 is 76.4 Å². The molecule has 2 nitrogen and oxygen atoms in total. The van der Waals surface area contributed by atoms with E-state index in [0.717, 1.165) is 43.8 Å². The Labute approximate surface area is 235 Å². The highest BCUT2D eigenvalue weighted by atomic mass is 32.1.